The molecule has 2 heterocycles. The summed E-state index contributed by atoms with van der Waals surface area (Å²) in [4.78, 5) is 32.0. The van der Waals surface area contributed by atoms with Gasteiger partial charge in [0.15, 0.2) is 5.16 Å². The van der Waals surface area contributed by atoms with Crippen LogP contribution in [0.2, 0.25) is 0 Å². The Morgan fingerprint density at radius 3 is 2.71 bits per heavy atom. The van der Waals surface area contributed by atoms with Gasteiger partial charge in [0.2, 0.25) is 0 Å². The zero-order valence-electron chi connectivity index (χ0n) is 16.2. The fraction of sp³-hybridized carbons (Fsp3) is 0.381. The predicted octanol–water partition coefficient (Wildman–Crippen LogP) is 4.19. The number of thioether (sulfide) groups is 1. The van der Waals surface area contributed by atoms with E-state index in [2.05, 4.69) is 0 Å². The van der Waals surface area contributed by atoms with Gasteiger partial charge in [0.05, 0.1) is 11.1 Å². The van der Waals surface area contributed by atoms with Crippen molar-refractivity contribution in [3.8, 4) is 5.75 Å². The van der Waals surface area contributed by atoms with Crippen LogP contribution in [0.15, 0.2) is 28.2 Å². The largest absolute Gasteiger partial charge is 0.425 e. The van der Waals surface area contributed by atoms with Gasteiger partial charge in [-0.15, -0.1) is 11.3 Å². The van der Waals surface area contributed by atoms with E-state index in [1.807, 2.05) is 32.0 Å². The number of hydrogen-bond donors (Lipinski definition) is 0. The minimum Gasteiger partial charge on any atom is -0.425 e. The van der Waals surface area contributed by atoms with Crippen molar-refractivity contribution < 1.29 is 9.53 Å². The Morgan fingerprint density at radius 2 is 1.96 bits per heavy atom. The third-order valence-corrected chi connectivity index (χ3v) is 7.29. The second-order valence-electron chi connectivity index (χ2n) is 7.13. The molecule has 0 radical (unpaired) electrons. The molecule has 4 rings (SSSR count). The molecule has 1 aliphatic rings. The maximum Gasteiger partial charge on any atom is 0.321 e. The number of thiophene rings is 1. The number of fused-ring (bicyclic) bond motifs is 3. The molecule has 0 spiro atoms. The summed E-state index contributed by atoms with van der Waals surface area (Å²) in [7, 11) is 1.72. The standard InChI is InChI=1S/C21H22N2O3S2/c1-12-7-6-8-13(2)18(12)26-16(24)11-27-21-22-19-17(20(25)23(21)3)14-9-4-5-10-15(14)28-19/h6-8H,4-5,9-11H2,1-3H3. The van der Waals surface area contributed by atoms with Crippen LogP contribution in [-0.2, 0) is 24.7 Å². The molecule has 0 aliphatic heterocycles. The van der Waals surface area contributed by atoms with Crippen molar-refractivity contribution >= 4 is 39.3 Å². The summed E-state index contributed by atoms with van der Waals surface area (Å²) in [5.41, 5.74) is 3.02. The molecule has 0 fully saturated rings. The minimum atomic E-state index is -0.345. The lowest BCUT2D eigenvalue weighted by Gasteiger charge is -2.11. The van der Waals surface area contributed by atoms with E-state index < -0.39 is 0 Å². The molecule has 7 heteroatoms. The highest BCUT2D eigenvalue weighted by molar-refractivity contribution is 7.99. The van der Waals surface area contributed by atoms with Crippen molar-refractivity contribution in [2.24, 2.45) is 7.05 Å². The molecule has 1 aliphatic carbocycles. The van der Waals surface area contributed by atoms with Gasteiger partial charge in [-0.3, -0.25) is 14.2 Å². The van der Waals surface area contributed by atoms with Crippen LogP contribution in [0.4, 0.5) is 0 Å². The van der Waals surface area contributed by atoms with E-state index in [1.165, 1.54) is 28.6 Å². The molecule has 0 N–H and O–H groups in total. The quantitative estimate of drug-likeness (QED) is 0.277. The Labute approximate surface area is 171 Å². The van der Waals surface area contributed by atoms with Gasteiger partial charge in [-0.1, -0.05) is 30.0 Å². The van der Waals surface area contributed by atoms with E-state index in [1.54, 1.807) is 23.0 Å². The molecule has 0 unspecified atom stereocenters. The van der Waals surface area contributed by atoms with Gasteiger partial charge in [-0.05, 0) is 56.2 Å². The molecular weight excluding hydrogens is 392 g/mol. The maximum absolute atomic E-state index is 12.9. The number of carbonyl (C=O) groups excluding carboxylic acids is 1. The Bertz CT molecular complexity index is 1110. The van der Waals surface area contributed by atoms with Crippen LogP contribution < -0.4 is 10.3 Å². The normalized spacial score (nSPS) is 13.5. The molecule has 0 amide bonds. The van der Waals surface area contributed by atoms with Crippen molar-refractivity contribution in [1.82, 2.24) is 9.55 Å². The highest BCUT2D eigenvalue weighted by Crippen LogP contribution is 2.34. The molecule has 146 valence electrons. The number of hydrogen-bond acceptors (Lipinski definition) is 6. The number of rotatable bonds is 4. The molecule has 0 bridgehead atoms. The number of aromatic nitrogens is 2. The Kier molecular flexibility index (Phi) is 5.29. The topological polar surface area (TPSA) is 61.2 Å². The fourth-order valence-electron chi connectivity index (χ4n) is 3.62. The second kappa shape index (κ2) is 7.72. The van der Waals surface area contributed by atoms with Crippen LogP contribution >= 0.6 is 23.1 Å². The van der Waals surface area contributed by atoms with Crippen LogP contribution in [0.1, 0.15) is 34.4 Å². The van der Waals surface area contributed by atoms with Crippen molar-refractivity contribution in [3.05, 3.63) is 50.1 Å². The third kappa shape index (κ3) is 3.49. The lowest BCUT2D eigenvalue weighted by Crippen LogP contribution is -2.21. The molecule has 0 saturated heterocycles. The zero-order valence-corrected chi connectivity index (χ0v) is 17.8. The summed E-state index contributed by atoms with van der Waals surface area (Å²) in [6.45, 7) is 3.83. The van der Waals surface area contributed by atoms with Gasteiger partial charge >= 0.3 is 5.97 Å². The molecule has 1 aromatic carbocycles. The number of esters is 1. The predicted molar refractivity (Wildman–Crippen MR) is 114 cm³/mol. The third-order valence-electron chi connectivity index (χ3n) is 5.10. The molecule has 0 atom stereocenters. The van der Waals surface area contributed by atoms with Gasteiger partial charge < -0.3 is 4.74 Å². The minimum absolute atomic E-state index is 0.0185. The first-order chi connectivity index (χ1) is 13.5. The number of para-hydroxylation sites is 1. The number of nitrogens with zero attached hydrogens (tertiary/aromatic N) is 2. The summed E-state index contributed by atoms with van der Waals surface area (Å²) >= 11 is 2.87. The van der Waals surface area contributed by atoms with Gasteiger partial charge in [0.25, 0.3) is 5.56 Å². The van der Waals surface area contributed by atoms with Crippen LogP contribution in [-0.4, -0.2) is 21.3 Å². The smallest absolute Gasteiger partial charge is 0.321 e. The maximum atomic E-state index is 12.9. The number of ether oxygens (including phenoxy) is 1. The Morgan fingerprint density at radius 1 is 1.25 bits per heavy atom. The average molecular weight is 415 g/mol. The van der Waals surface area contributed by atoms with E-state index in [9.17, 15) is 9.59 Å². The van der Waals surface area contributed by atoms with E-state index in [4.69, 9.17) is 9.72 Å². The molecule has 2 aromatic heterocycles. The summed E-state index contributed by atoms with van der Waals surface area (Å²) < 4.78 is 7.11. The Balaban J connectivity index is 1.56. The summed E-state index contributed by atoms with van der Waals surface area (Å²) in [5.74, 6) is 0.364. The van der Waals surface area contributed by atoms with Crippen LogP contribution in [0.3, 0.4) is 0 Å². The zero-order chi connectivity index (χ0) is 19.8. The lowest BCUT2D eigenvalue weighted by molar-refractivity contribution is -0.131. The molecule has 0 saturated carbocycles. The second-order valence-corrected chi connectivity index (χ2v) is 9.16. The van der Waals surface area contributed by atoms with Crippen molar-refractivity contribution in [3.63, 3.8) is 0 Å². The Hall–Kier alpha value is -2.12. The van der Waals surface area contributed by atoms with Gasteiger partial charge in [0, 0.05) is 11.9 Å². The molecule has 28 heavy (non-hydrogen) atoms. The SMILES string of the molecule is Cc1cccc(C)c1OC(=O)CSc1nc2sc3c(c2c(=O)n1C)CCCC3. The average Bonchev–Trinajstić information content (AvgIpc) is 3.05. The first kappa shape index (κ1) is 19.2. The van der Waals surface area contributed by atoms with Crippen LogP contribution in [0.25, 0.3) is 10.2 Å². The number of benzene rings is 1. The van der Waals surface area contributed by atoms with E-state index in [0.717, 1.165) is 40.6 Å². The molecule has 3 aromatic rings. The van der Waals surface area contributed by atoms with E-state index in [-0.39, 0.29) is 17.3 Å². The highest BCUT2D eigenvalue weighted by atomic mass is 32.2. The monoisotopic (exact) mass is 414 g/mol. The van der Waals surface area contributed by atoms with Crippen molar-refractivity contribution in [1.29, 1.82) is 0 Å². The van der Waals surface area contributed by atoms with Gasteiger partial charge in [-0.25, -0.2) is 4.98 Å². The fourth-order valence-corrected chi connectivity index (χ4v) is 5.67. The summed E-state index contributed by atoms with van der Waals surface area (Å²) in [6, 6.07) is 5.77. The lowest BCUT2D eigenvalue weighted by atomic mass is 9.97. The first-order valence-corrected chi connectivity index (χ1v) is 11.2. The van der Waals surface area contributed by atoms with Crippen molar-refractivity contribution in [2.75, 3.05) is 5.75 Å². The van der Waals surface area contributed by atoms with Gasteiger partial charge in [0.1, 0.15) is 10.6 Å². The van der Waals surface area contributed by atoms with Gasteiger partial charge in [-0.2, -0.15) is 0 Å². The number of aryl methyl sites for hydroxylation is 4. The van der Waals surface area contributed by atoms with Crippen LogP contribution in [0.5, 0.6) is 5.75 Å². The summed E-state index contributed by atoms with van der Waals surface area (Å²) in [5, 5.41) is 1.32. The van der Waals surface area contributed by atoms with E-state index in [0.29, 0.717) is 10.9 Å². The highest BCUT2D eigenvalue weighted by Gasteiger charge is 2.21. The molecule has 5 nitrogen and oxygen atoms in total. The molecular formula is C21H22N2O3S2. The van der Waals surface area contributed by atoms with E-state index >= 15 is 0 Å². The summed E-state index contributed by atoms with van der Waals surface area (Å²) in [6.07, 6.45) is 4.29. The number of carbonyl (C=O) groups is 1. The van der Waals surface area contributed by atoms with Crippen molar-refractivity contribution in [2.45, 2.75) is 44.7 Å². The van der Waals surface area contributed by atoms with Crippen LogP contribution in [0, 0.1) is 13.8 Å². The first-order valence-electron chi connectivity index (χ1n) is 9.36.